The molecule has 1 saturated carbocycles. The summed E-state index contributed by atoms with van der Waals surface area (Å²) in [5.74, 6) is 0.680. The summed E-state index contributed by atoms with van der Waals surface area (Å²) in [5.41, 5.74) is 7.77. The van der Waals surface area contributed by atoms with Gasteiger partial charge in [0.1, 0.15) is 0 Å². The van der Waals surface area contributed by atoms with Crippen molar-refractivity contribution in [3.05, 3.63) is 48.0 Å². The molecule has 1 atom stereocenters. The van der Waals surface area contributed by atoms with Crippen LogP contribution in [0, 0.1) is 5.92 Å². The van der Waals surface area contributed by atoms with E-state index in [4.69, 9.17) is 5.73 Å². The van der Waals surface area contributed by atoms with Crippen molar-refractivity contribution in [2.45, 2.75) is 38.1 Å². The molecule has 1 aliphatic rings. The normalized spacial score (nSPS) is 18.9. The Kier molecular flexibility index (Phi) is 3.33. The first kappa shape index (κ1) is 11.7. The van der Waals surface area contributed by atoms with Gasteiger partial charge in [-0.05, 0) is 41.2 Å². The summed E-state index contributed by atoms with van der Waals surface area (Å²) in [5, 5.41) is 2.61. The van der Waals surface area contributed by atoms with Gasteiger partial charge in [-0.15, -0.1) is 0 Å². The van der Waals surface area contributed by atoms with Crippen LogP contribution >= 0.6 is 0 Å². The Balaban J connectivity index is 1.88. The number of rotatable bonds is 2. The maximum atomic E-state index is 6.46. The molecule has 2 aromatic carbocycles. The summed E-state index contributed by atoms with van der Waals surface area (Å²) in [6, 6.07) is 15.4. The molecule has 1 aliphatic carbocycles. The van der Waals surface area contributed by atoms with E-state index < -0.39 is 0 Å². The molecule has 94 valence electrons. The molecule has 2 aromatic rings. The Hall–Kier alpha value is -1.34. The molecule has 0 heterocycles. The second-order valence-corrected chi connectivity index (χ2v) is 5.53. The van der Waals surface area contributed by atoms with Gasteiger partial charge in [-0.2, -0.15) is 0 Å². The van der Waals surface area contributed by atoms with E-state index in [0.29, 0.717) is 5.92 Å². The highest BCUT2D eigenvalue weighted by Gasteiger charge is 2.21. The molecular formula is C17H21N. The molecule has 2 N–H and O–H groups in total. The van der Waals surface area contributed by atoms with Crippen LogP contribution in [0.25, 0.3) is 10.8 Å². The van der Waals surface area contributed by atoms with Crippen LogP contribution in [0.4, 0.5) is 0 Å². The first-order valence-corrected chi connectivity index (χ1v) is 7.09. The number of fused-ring (bicyclic) bond motifs is 1. The maximum Gasteiger partial charge on any atom is 0.0323 e. The summed E-state index contributed by atoms with van der Waals surface area (Å²) in [7, 11) is 0. The van der Waals surface area contributed by atoms with E-state index in [1.54, 1.807) is 0 Å². The van der Waals surface area contributed by atoms with Gasteiger partial charge in [0, 0.05) is 6.04 Å². The van der Waals surface area contributed by atoms with Gasteiger partial charge in [0.25, 0.3) is 0 Å². The molecule has 1 unspecified atom stereocenters. The molecule has 0 aliphatic heterocycles. The lowest BCUT2D eigenvalue weighted by Crippen LogP contribution is -2.23. The fourth-order valence-corrected chi connectivity index (χ4v) is 3.18. The molecule has 0 radical (unpaired) electrons. The molecule has 0 saturated heterocycles. The molecule has 0 bridgehead atoms. The first-order valence-electron chi connectivity index (χ1n) is 7.09. The summed E-state index contributed by atoms with van der Waals surface area (Å²) >= 11 is 0. The monoisotopic (exact) mass is 239 g/mol. The van der Waals surface area contributed by atoms with Gasteiger partial charge in [0.2, 0.25) is 0 Å². The molecule has 1 nitrogen and oxygen atoms in total. The van der Waals surface area contributed by atoms with Crippen LogP contribution in [-0.4, -0.2) is 0 Å². The minimum Gasteiger partial charge on any atom is -0.324 e. The molecule has 0 aromatic heterocycles. The molecule has 1 heteroatoms. The van der Waals surface area contributed by atoms with Gasteiger partial charge in [-0.1, -0.05) is 55.7 Å². The average molecular weight is 239 g/mol. The van der Waals surface area contributed by atoms with Crippen molar-refractivity contribution in [1.29, 1.82) is 0 Å². The summed E-state index contributed by atoms with van der Waals surface area (Å²) in [6.07, 6.45) is 6.70. The Morgan fingerprint density at radius 1 is 0.889 bits per heavy atom. The zero-order valence-corrected chi connectivity index (χ0v) is 10.8. The van der Waals surface area contributed by atoms with Gasteiger partial charge in [0.15, 0.2) is 0 Å². The fourth-order valence-electron chi connectivity index (χ4n) is 3.18. The summed E-state index contributed by atoms with van der Waals surface area (Å²) in [4.78, 5) is 0. The number of nitrogens with two attached hydrogens (primary N) is 1. The fraction of sp³-hybridized carbons (Fsp3) is 0.412. The van der Waals surface area contributed by atoms with Crippen molar-refractivity contribution in [2.75, 3.05) is 0 Å². The molecular weight excluding hydrogens is 218 g/mol. The maximum absolute atomic E-state index is 6.46. The minimum atomic E-state index is 0.218. The van der Waals surface area contributed by atoms with Crippen LogP contribution in [0.5, 0.6) is 0 Å². The van der Waals surface area contributed by atoms with E-state index in [1.807, 2.05) is 0 Å². The quantitative estimate of drug-likeness (QED) is 0.824. The van der Waals surface area contributed by atoms with E-state index in [-0.39, 0.29) is 6.04 Å². The van der Waals surface area contributed by atoms with Crippen LogP contribution in [0.3, 0.4) is 0 Å². The molecule has 0 spiro atoms. The minimum absolute atomic E-state index is 0.218. The number of hydrogen-bond acceptors (Lipinski definition) is 1. The van der Waals surface area contributed by atoms with E-state index in [0.717, 1.165) is 0 Å². The second-order valence-electron chi connectivity index (χ2n) is 5.53. The van der Waals surface area contributed by atoms with Crippen LogP contribution in [0.1, 0.15) is 43.7 Å². The molecule has 0 amide bonds. The standard InChI is InChI=1S/C17H21N/c18-17(14-7-2-1-3-8-14)16-11-10-13-6-4-5-9-15(13)12-16/h4-6,9-12,14,17H,1-3,7-8,18H2. The first-order chi connectivity index (χ1) is 8.84. The third-order valence-electron chi connectivity index (χ3n) is 4.32. The summed E-state index contributed by atoms with van der Waals surface area (Å²) in [6.45, 7) is 0. The van der Waals surface area contributed by atoms with Crippen LogP contribution < -0.4 is 5.73 Å². The topological polar surface area (TPSA) is 26.0 Å². The highest BCUT2D eigenvalue weighted by Crippen LogP contribution is 2.33. The van der Waals surface area contributed by atoms with Crippen molar-refractivity contribution in [3.63, 3.8) is 0 Å². The summed E-state index contributed by atoms with van der Waals surface area (Å²) < 4.78 is 0. The second kappa shape index (κ2) is 5.11. The Morgan fingerprint density at radius 3 is 2.39 bits per heavy atom. The van der Waals surface area contributed by atoms with Crippen molar-refractivity contribution < 1.29 is 0 Å². The third-order valence-corrected chi connectivity index (χ3v) is 4.32. The Morgan fingerprint density at radius 2 is 1.61 bits per heavy atom. The Labute approximate surface area is 109 Å². The molecule has 3 rings (SSSR count). The zero-order valence-electron chi connectivity index (χ0n) is 10.8. The van der Waals surface area contributed by atoms with Crippen LogP contribution in [0.2, 0.25) is 0 Å². The van der Waals surface area contributed by atoms with E-state index in [1.165, 1.54) is 48.4 Å². The lowest BCUT2D eigenvalue weighted by molar-refractivity contribution is 0.308. The number of benzene rings is 2. The van der Waals surface area contributed by atoms with E-state index >= 15 is 0 Å². The Bertz CT molecular complexity index is 526. The third kappa shape index (κ3) is 2.28. The van der Waals surface area contributed by atoms with E-state index in [9.17, 15) is 0 Å². The zero-order chi connectivity index (χ0) is 12.4. The van der Waals surface area contributed by atoms with Gasteiger partial charge in [0.05, 0.1) is 0 Å². The van der Waals surface area contributed by atoms with Gasteiger partial charge in [-0.3, -0.25) is 0 Å². The molecule has 18 heavy (non-hydrogen) atoms. The highest BCUT2D eigenvalue weighted by atomic mass is 14.7. The van der Waals surface area contributed by atoms with E-state index in [2.05, 4.69) is 42.5 Å². The molecule has 1 fully saturated rings. The lowest BCUT2D eigenvalue weighted by Gasteiger charge is -2.28. The van der Waals surface area contributed by atoms with Crippen molar-refractivity contribution in [1.82, 2.24) is 0 Å². The van der Waals surface area contributed by atoms with Crippen LogP contribution in [0.15, 0.2) is 42.5 Å². The van der Waals surface area contributed by atoms with Gasteiger partial charge < -0.3 is 5.73 Å². The largest absolute Gasteiger partial charge is 0.324 e. The number of hydrogen-bond donors (Lipinski definition) is 1. The lowest BCUT2D eigenvalue weighted by atomic mass is 9.81. The van der Waals surface area contributed by atoms with Crippen molar-refractivity contribution in [3.8, 4) is 0 Å². The van der Waals surface area contributed by atoms with Gasteiger partial charge in [-0.25, -0.2) is 0 Å². The average Bonchev–Trinajstić information content (AvgIpc) is 2.47. The SMILES string of the molecule is NC(c1ccc2ccccc2c1)C1CCCCC1. The van der Waals surface area contributed by atoms with Crippen molar-refractivity contribution in [2.24, 2.45) is 11.7 Å². The van der Waals surface area contributed by atoms with Crippen molar-refractivity contribution >= 4 is 10.8 Å². The van der Waals surface area contributed by atoms with Gasteiger partial charge >= 0.3 is 0 Å². The van der Waals surface area contributed by atoms with Crippen LogP contribution in [-0.2, 0) is 0 Å². The predicted molar refractivity (Wildman–Crippen MR) is 77.5 cm³/mol. The highest BCUT2D eigenvalue weighted by molar-refractivity contribution is 5.83. The smallest absolute Gasteiger partial charge is 0.0323 e. The predicted octanol–water partition coefficient (Wildman–Crippen LogP) is 4.42.